The van der Waals surface area contributed by atoms with Gasteiger partial charge >= 0.3 is 0 Å². The van der Waals surface area contributed by atoms with Crippen LogP contribution < -0.4 is 0 Å². The van der Waals surface area contributed by atoms with Gasteiger partial charge in [0.05, 0.1) is 12.0 Å². The third kappa shape index (κ3) is 0.934. The highest BCUT2D eigenvalue weighted by Crippen LogP contribution is 2.63. The molecule has 76 valence electrons. The van der Waals surface area contributed by atoms with Gasteiger partial charge in [-0.1, -0.05) is 12.8 Å². The molecule has 0 bridgehead atoms. The van der Waals surface area contributed by atoms with Gasteiger partial charge in [-0.2, -0.15) is 0 Å². The second-order valence-electron chi connectivity index (χ2n) is 4.75. The molecular weight excluding hydrogens is 176 g/mol. The number of aryl methyl sites for hydroxylation is 1. The zero-order valence-electron chi connectivity index (χ0n) is 8.48. The van der Waals surface area contributed by atoms with E-state index in [-0.39, 0.29) is 0 Å². The fourth-order valence-corrected chi connectivity index (χ4v) is 3.09. The quantitative estimate of drug-likeness (QED) is 0.731. The first-order valence-corrected chi connectivity index (χ1v) is 5.43. The lowest BCUT2D eigenvalue weighted by Gasteiger charge is -2.05. The molecule has 1 aromatic rings. The third-order valence-electron chi connectivity index (χ3n) is 3.90. The predicted octanol–water partition coefficient (Wildman–Crippen LogP) is 1.43. The van der Waals surface area contributed by atoms with Gasteiger partial charge in [0.1, 0.15) is 5.60 Å². The van der Waals surface area contributed by atoms with Crippen molar-refractivity contribution in [3.63, 3.8) is 0 Å². The monoisotopic (exact) mass is 192 g/mol. The van der Waals surface area contributed by atoms with Gasteiger partial charge in [0.15, 0.2) is 0 Å². The van der Waals surface area contributed by atoms with Crippen LogP contribution >= 0.6 is 0 Å². The highest BCUT2D eigenvalue weighted by Gasteiger charge is 2.65. The third-order valence-corrected chi connectivity index (χ3v) is 3.90. The van der Waals surface area contributed by atoms with Gasteiger partial charge in [0.25, 0.3) is 0 Å². The number of nitrogens with zero attached hydrogens (tertiary/aromatic N) is 2. The van der Waals surface area contributed by atoms with Crippen LogP contribution in [0.3, 0.4) is 0 Å². The van der Waals surface area contributed by atoms with E-state index < -0.39 is 5.60 Å². The van der Waals surface area contributed by atoms with Crippen molar-refractivity contribution in [2.45, 2.75) is 31.3 Å². The Labute approximate surface area is 83.8 Å². The number of aliphatic hydroxyl groups is 1. The molecule has 0 aromatic carbocycles. The van der Waals surface area contributed by atoms with Gasteiger partial charge in [0.2, 0.25) is 0 Å². The Morgan fingerprint density at radius 3 is 2.57 bits per heavy atom. The van der Waals surface area contributed by atoms with Crippen LogP contribution in [0.1, 0.15) is 31.4 Å². The minimum absolute atomic E-state index is 0.492. The van der Waals surface area contributed by atoms with Crippen molar-refractivity contribution >= 4 is 0 Å². The zero-order valence-corrected chi connectivity index (χ0v) is 8.48. The van der Waals surface area contributed by atoms with Gasteiger partial charge in [-0.15, -0.1) is 0 Å². The van der Waals surface area contributed by atoms with Crippen molar-refractivity contribution in [1.29, 1.82) is 0 Å². The smallest absolute Gasteiger partial charge is 0.114 e. The van der Waals surface area contributed by atoms with E-state index in [9.17, 15) is 5.11 Å². The molecule has 3 heteroatoms. The molecule has 3 rings (SSSR count). The predicted molar refractivity (Wildman–Crippen MR) is 52.6 cm³/mol. The number of fused-ring (bicyclic) bond motifs is 1. The van der Waals surface area contributed by atoms with E-state index in [0.717, 1.165) is 5.69 Å². The van der Waals surface area contributed by atoms with Crippen molar-refractivity contribution in [2.24, 2.45) is 18.9 Å². The van der Waals surface area contributed by atoms with Crippen molar-refractivity contribution < 1.29 is 5.11 Å². The topological polar surface area (TPSA) is 38.0 Å². The normalized spacial score (nSPS) is 40.7. The van der Waals surface area contributed by atoms with E-state index in [1.54, 1.807) is 6.33 Å². The van der Waals surface area contributed by atoms with Gasteiger partial charge < -0.3 is 9.67 Å². The highest BCUT2D eigenvalue weighted by molar-refractivity contribution is 5.25. The van der Waals surface area contributed by atoms with Crippen LogP contribution in [0.25, 0.3) is 0 Å². The Hall–Kier alpha value is -0.830. The van der Waals surface area contributed by atoms with E-state index in [4.69, 9.17) is 0 Å². The fraction of sp³-hybridized carbons (Fsp3) is 0.727. The standard InChI is InChI=1S/C11H16N2O/c1-13-6-10(12-7-13)11(14)8-4-2-3-5-9(8)11/h6-9,14H,2-5H2,1H3. The SMILES string of the molecule is Cn1cnc(C2(O)C3CCCCC32)c1. The number of hydrogen-bond acceptors (Lipinski definition) is 2. The zero-order chi connectivity index (χ0) is 9.76. The molecule has 2 aliphatic rings. The summed E-state index contributed by atoms with van der Waals surface area (Å²) in [6.07, 6.45) is 8.64. The molecule has 0 spiro atoms. The highest BCUT2D eigenvalue weighted by atomic mass is 16.3. The summed E-state index contributed by atoms with van der Waals surface area (Å²) < 4.78 is 1.91. The fourth-order valence-electron chi connectivity index (χ4n) is 3.09. The Morgan fingerprint density at radius 2 is 2.07 bits per heavy atom. The summed E-state index contributed by atoms with van der Waals surface area (Å²) in [6.45, 7) is 0. The molecule has 3 nitrogen and oxygen atoms in total. The molecule has 0 saturated heterocycles. The maximum atomic E-state index is 10.5. The molecule has 0 amide bonds. The second-order valence-corrected chi connectivity index (χ2v) is 4.75. The Bertz CT molecular complexity index is 346. The van der Waals surface area contributed by atoms with Crippen LogP contribution in [0.4, 0.5) is 0 Å². The van der Waals surface area contributed by atoms with Gasteiger partial charge in [-0.25, -0.2) is 4.98 Å². The average molecular weight is 192 g/mol. The summed E-state index contributed by atoms with van der Waals surface area (Å²) in [5.74, 6) is 0.984. The number of aromatic nitrogens is 2. The van der Waals surface area contributed by atoms with E-state index in [1.165, 1.54) is 25.7 Å². The van der Waals surface area contributed by atoms with Crippen LogP contribution in [0.15, 0.2) is 12.5 Å². The van der Waals surface area contributed by atoms with Crippen LogP contribution in [0.2, 0.25) is 0 Å². The molecule has 2 fully saturated rings. The molecule has 0 radical (unpaired) electrons. The molecule has 14 heavy (non-hydrogen) atoms. The van der Waals surface area contributed by atoms with Crippen molar-refractivity contribution in [3.8, 4) is 0 Å². The van der Waals surface area contributed by atoms with E-state index in [1.807, 2.05) is 17.8 Å². The molecule has 2 aliphatic carbocycles. The number of imidazole rings is 1. The molecule has 2 atom stereocenters. The Morgan fingerprint density at radius 1 is 1.43 bits per heavy atom. The van der Waals surface area contributed by atoms with E-state index in [2.05, 4.69) is 4.98 Å². The minimum atomic E-state index is -0.572. The summed E-state index contributed by atoms with van der Waals surface area (Å²) in [5.41, 5.74) is 0.314. The molecule has 2 saturated carbocycles. The summed E-state index contributed by atoms with van der Waals surface area (Å²) in [7, 11) is 1.95. The first kappa shape index (κ1) is 8.48. The molecule has 1 aromatic heterocycles. The Balaban J connectivity index is 1.92. The van der Waals surface area contributed by atoms with Crippen LogP contribution in [-0.2, 0) is 12.6 Å². The van der Waals surface area contributed by atoms with E-state index in [0.29, 0.717) is 11.8 Å². The van der Waals surface area contributed by atoms with Gasteiger partial charge in [0, 0.05) is 13.2 Å². The van der Waals surface area contributed by atoms with Crippen molar-refractivity contribution in [3.05, 3.63) is 18.2 Å². The van der Waals surface area contributed by atoms with Gasteiger partial charge in [-0.05, 0) is 24.7 Å². The summed E-state index contributed by atoms with van der Waals surface area (Å²) in [4.78, 5) is 4.29. The largest absolute Gasteiger partial charge is 0.383 e. The lowest BCUT2D eigenvalue weighted by atomic mass is 10.0. The minimum Gasteiger partial charge on any atom is -0.383 e. The summed E-state index contributed by atoms with van der Waals surface area (Å²) in [5, 5.41) is 10.5. The lowest BCUT2D eigenvalue weighted by Crippen LogP contribution is -2.10. The molecular formula is C11H16N2O. The molecule has 2 unspecified atom stereocenters. The Kier molecular flexibility index (Phi) is 1.57. The number of rotatable bonds is 1. The van der Waals surface area contributed by atoms with Crippen LogP contribution in [0, 0.1) is 11.8 Å². The maximum absolute atomic E-state index is 10.5. The first-order chi connectivity index (χ1) is 6.73. The van der Waals surface area contributed by atoms with Crippen LogP contribution in [-0.4, -0.2) is 14.7 Å². The number of hydrogen-bond donors (Lipinski definition) is 1. The van der Waals surface area contributed by atoms with E-state index >= 15 is 0 Å². The lowest BCUT2D eigenvalue weighted by molar-refractivity contribution is 0.113. The maximum Gasteiger partial charge on any atom is 0.114 e. The average Bonchev–Trinajstić information content (AvgIpc) is 2.57. The molecule has 0 aliphatic heterocycles. The molecule has 1 heterocycles. The van der Waals surface area contributed by atoms with Crippen molar-refractivity contribution in [2.75, 3.05) is 0 Å². The molecule has 1 N–H and O–H groups in total. The summed E-state index contributed by atoms with van der Waals surface area (Å²) >= 11 is 0. The van der Waals surface area contributed by atoms with Crippen molar-refractivity contribution in [1.82, 2.24) is 9.55 Å². The first-order valence-electron chi connectivity index (χ1n) is 5.43. The van der Waals surface area contributed by atoms with Crippen LogP contribution in [0.5, 0.6) is 0 Å². The van der Waals surface area contributed by atoms with Gasteiger partial charge in [-0.3, -0.25) is 0 Å². The summed E-state index contributed by atoms with van der Waals surface area (Å²) in [6, 6.07) is 0. The second kappa shape index (κ2) is 2.60.